The van der Waals surface area contributed by atoms with Gasteiger partial charge in [-0.25, -0.2) is 0 Å². The number of aliphatic hydroxyl groups excluding tert-OH is 2. The fraction of sp³-hybridized carbons (Fsp3) is 0.400. The molecule has 0 unspecified atom stereocenters. The summed E-state index contributed by atoms with van der Waals surface area (Å²) in [4.78, 5) is 20.7. The van der Waals surface area contributed by atoms with Crippen molar-refractivity contribution in [2.45, 2.75) is 39.9 Å². The van der Waals surface area contributed by atoms with Gasteiger partial charge in [0.2, 0.25) is 0 Å². The molecule has 0 fully saturated rings. The monoisotopic (exact) mass is 642 g/mol. The average molecular weight is 642 g/mol. The van der Waals surface area contributed by atoms with E-state index in [1.54, 1.807) is 24.3 Å². The summed E-state index contributed by atoms with van der Waals surface area (Å²) < 4.78 is 1.58. The van der Waals surface area contributed by atoms with Gasteiger partial charge in [0.15, 0.2) is 0 Å². The van der Waals surface area contributed by atoms with Gasteiger partial charge in [-0.1, -0.05) is 27.7 Å². The summed E-state index contributed by atoms with van der Waals surface area (Å²) in [7, 11) is 0. The molecule has 2 rings (SSSR count). The van der Waals surface area contributed by atoms with Crippen molar-refractivity contribution in [2.24, 2.45) is 11.8 Å². The molecule has 8 nitrogen and oxygen atoms in total. The number of hydrogen-bond acceptors (Lipinski definition) is 6. The third-order valence-electron chi connectivity index (χ3n) is 4.28. The molecule has 0 saturated heterocycles. The average Bonchev–Trinajstić information content (AvgIpc) is 2.67. The second kappa shape index (κ2) is 11.9. The Morgan fingerprint density at radius 2 is 1.03 bits per heavy atom. The van der Waals surface area contributed by atoms with Crippen molar-refractivity contribution in [1.82, 2.24) is 0 Å². The van der Waals surface area contributed by atoms with E-state index in [2.05, 4.69) is 0 Å². The van der Waals surface area contributed by atoms with Gasteiger partial charge in [0.05, 0.1) is 33.2 Å². The first-order chi connectivity index (χ1) is 13.9. The highest BCUT2D eigenvalue weighted by Crippen LogP contribution is 2.32. The van der Waals surface area contributed by atoms with E-state index in [9.17, 15) is 30.4 Å². The molecular formula is C20H24I2N2O6. The lowest BCUT2D eigenvalue weighted by Gasteiger charge is -2.14. The second-order valence-corrected chi connectivity index (χ2v) is 9.79. The fourth-order valence-electron chi connectivity index (χ4n) is 2.57. The minimum atomic E-state index is -0.789. The highest BCUT2D eigenvalue weighted by atomic mass is 127. The Labute approximate surface area is 202 Å². The SMILES string of the molecule is CC(C)[C@@H](O)c1ccc(I)cc1[N+](=O)[O-].CC(C)[C@H](O)c1ccc(I)cc1[N+](=O)[O-]. The van der Waals surface area contributed by atoms with Crippen LogP contribution < -0.4 is 0 Å². The van der Waals surface area contributed by atoms with Gasteiger partial charge < -0.3 is 10.2 Å². The van der Waals surface area contributed by atoms with Gasteiger partial charge in [0.1, 0.15) is 0 Å². The number of nitro groups is 2. The number of halogens is 2. The molecule has 10 heteroatoms. The summed E-state index contributed by atoms with van der Waals surface area (Å²) in [6.07, 6.45) is -1.58. The van der Waals surface area contributed by atoms with E-state index in [4.69, 9.17) is 0 Å². The Kier molecular flexibility index (Phi) is 10.5. The van der Waals surface area contributed by atoms with Crippen LogP contribution in [0.2, 0.25) is 0 Å². The van der Waals surface area contributed by atoms with E-state index < -0.39 is 22.1 Å². The van der Waals surface area contributed by atoms with Gasteiger partial charge in [-0.05, 0) is 81.3 Å². The van der Waals surface area contributed by atoms with E-state index in [0.29, 0.717) is 11.1 Å². The third kappa shape index (κ3) is 7.39. The van der Waals surface area contributed by atoms with E-state index in [1.807, 2.05) is 72.9 Å². The van der Waals surface area contributed by atoms with Crippen LogP contribution >= 0.6 is 45.2 Å². The van der Waals surface area contributed by atoms with Gasteiger partial charge in [0, 0.05) is 19.3 Å². The van der Waals surface area contributed by atoms with Crippen LogP contribution in [0.5, 0.6) is 0 Å². The van der Waals surface area contributed by atoms with Crippen molar-refractivity contribution in [3.8, 4) is 0 Å². The van der Waals surface area contributed by atoms with Crippen molar-refractivity contribution in [3.05, 3.63) is 74.9 Å². The lowest BCUT2D eigenvalue weighted by molar-refractivity contribution is -0.386. The maximum absolute atomic E-state index is 10.8. The van der Waals surface area contributed by atoms with Crippen molar-refractivity contribution >= 4 is 56.6 Å². The highest BCUT2D eigenvalue weighted by Gasteiger charge is 2.23. The summed E-state index contributed by atoms with van der Waals surface area (Å²) in [5.41, 5.74) is 0.747. The lowest BCUT2D eigenvalue weighted by Crippen LogP contribution is -2.08. The minimum absolute atomic E-state index is 0.0110. The molecule has 0 radical (unpaired) electrons. The molecule has 0 aliphatic rings. The molecule has 2 aromatic rings. The molecule has 0 aliphatic heterocycles. The zero-order chi connectivity index (χ0) is 23.2. The molecule has 2 N–H and O–H groups in total. The summed E-state index contributed by atoms with van der Waals surface area (Å²) in [5.74, 6) is -0.0764. The Bertz CT molecular complexity index is 831. The van der Waals surface area contributed by atoms with E-state index in [0.717, 1.165) is 7.14 Å². The zero-order valence-corrected chi connectivity index (χ0v) is 21.3. The van der Waals surface area contributed by atoms with E-state index in [1.165, 1.54) is 12.1 Å². The van der Waals surface area contributed by atoms with Crippen LogP contribution in [0, 0.1) is 39.2 Å². The molecule has 0 heterocycles. The fourth-order valence-corrected chi connectivity index (χ4v) is 3.52. The number of hydrogen-bond donors (Lipinski definition) is 2. The molecule has 0 aromatic heterocycles. The Hall–Kier alpha value is -1.38. The number of nitro benzene ring substituents is 2. The molecule has 0 spiro atoms. The normalized spacial score (nSPS) is 12.9. The molecular weight excluding hydrogens is 618 g/mol. The summed E-state index contributed by atoms with van der Waals surface area (Å²) in [6, 6.07) is 9.70. The molecule has 0 saturated carbocycles. The summed E-state index contributed by atoms with van der Waals surface area (Å²) >= 11 is 4.02. The van der Waals surface area contributed by atoms with Crippen LogP contribution in [0.1, 0.15) is 51.0 Å². The maximum Gasteiger partial charge on any atom is 0.276 e. The Balaban J connectivity index is 0.000000300. The summed E-state index contributed by atoms with van der Waals surface area (Å²) in [5, 5.41) is 41.2. The van der Waals surface area contributed by atoms with Crippen LogP contribution in [0.3, 0.4) is 0 Å². The molecule has 164 valence electrons. The topological polar surface area (TPSA) is 127 Å². The smallest absolute Gasteiger partial charge is 0.276 e. The first-order valence-electron chi connectivity index (χ1n) is 9.10. The van der Waals surface area contributed by atoms with Crippen LogP contribution in [0.25, 0.3) is 0 Å². The zero-order valence-electron chi connectivity index (χ0n) is 17.0. The molecule has 2 aromatic carbocycles. The predicted molar refractivity (Wildman–Crippen MR) is 131 cm³/mol. The maximum atomic E-state index is 10.8. The van der Waals surface area contributed by atoms with Crippen LogP contribution in [0.15, 0.2) is 36.4 Å². The minimum Gasteiger partial charge on any atom is -0.388 e. The Morgan fingerprint density at radius 3 is 1.27 bits per heavy atom. The van der Waals surface area contributed by atoms with Crippen LogP contribution in [-0.2, 0) is 0 Å². The van der Waals surface area contributed by atoms with Crippen molar-refractivity contribution in [1.29, 1.82) is 0 Å². The van der Waals surface area contributed by atoms with Gasteiger partial charge in [-0.2, -0.15) is 0 Å². The highest BCUT2D eigenvalue weighted by molar-refractivity contribution is 14.1. The van der Waals surface area contributed by atoms with Crippen molar-refractivity contribution < 1.29 is 20.1 Å². The molecule has 0 amide bonds. The lowest BCUT2D eigenvalue weighted by atomic mass is 9.98. The number of nitrogens with zero attached hydrogens (tertiary/aromatic N) is 2. The third-order valence-corrected chi connectivity index (χ3v) is 5.62. The van der Waals surface area contributed by atoms with Crippen molar-refractivity contribution in [2.75, 3.05) is 0 Å². The van der Waals surface area contributed by atoms with E-state index >= 15 is 0 Å². The summed E-state index contributed by atoms with van der Waals surface area (Å²) in [6.45, 7) is 7.30. The predicted octanol–water partition coefficient (Wildman–Crippen LogP) is 5.78. The van der Waals surface area contributed by atoms with E-state index in [-0.39, 0.29) is 23.2 Å². The molecule has 2 atom stereocenters. The number of rotatable bonds is 6. The molecule has 0 aliphatic carbocycles. The van der Waals surface area contributed by atoms with Crippen LogP contribution in [0.4, 0.5) is 11.4 Å². The molecule has 0 bridgehead atoms. The first-order valence-corrected chi connectivity index (χ1v) is 11.3. The van der Waals surface area contributed by atoms with Gasteiger partial charge in [-0.15, -0.1) is 0 Å². The second-order valence-electron chi connectivity index (χ2n) is 7.30. The Morgan fingerprint density at radius 1 is 0.733 bits per heavy atom. The quantitative estimate of drug-likeness (QED) is 0.234. The van der Waals surface area contributed by atoms with Crippen molar-refractivity contribution in [3.63, 3.8) is 0 Å². The number of benzene rings is 2. The number of aliphatic hydroxyl groups is 2. The standard InChI is InChI=1S/2C10H12INO3/c2*1-6(2)10(13)8-4-3-7(11)5-9(8)12(14)15/h2*3-6,10,13H,1-2H3/t2*10-/m10/s1. The van der Waals surface area contributed by atoms with Gasteiger partial charge in [-0.3, -0.25) is 20.2 Å². The van der Waals surface area contributed by atoms with Crippen LogP contribution in [-0.4, -0.2) is 20.1 Å². The first kappa shape index (κ1) is 26.7. The molecule has 30 heavy (non-hydrogen) atoms. The van der Waals surface area contributed by atoms with Gasteiger partial charge >= 0.3 is 0 Å². The van der Waals surface area contributed by atoms with Gasteiger partial charge in [0.25, 0.3) is 11.4 Å². The largest absolute Gasteiger partial charge is 0.388 e.